The summed E-state index contributed by atoms with van der Waals surface area (Å²) in [6, 6.07) is 8.41. The second kappa shape index (κ2) is 6.74. The number of aliphatic hydroxyl groups is 1. The average Bonchev–Trinajstić information content (AvgIpc) is 2.41. The van der Waals surface area contributed by atoms with E-state index >= 15 is 0 Å². The van der Waals surface area contributed by atoms with Crippen LogP contribution < -0.4 is 5.32 Å². The van der Waals surface area contributed by atoms with Gasteiger partial charge in [-0.1, -0.05) is 30.7 Å². The van der Waals surface area contributed by atoms with Crippen molar-refractivity contribution in [2.24, 2.45) is 0 Å². The molecular formula is C16H24ClNO. The Hall–Kier alpha value is -0.570. The van der Waals surface area contributed by atoms with E-state index in [9.17, 15) is 5.11 Å². The van der Waals surface area contributed by atoms with Gasteiger partial charge < -0.3 is 10.4 Å². The summed E-state index contributed by atoms with van der Waals surface area (Å²) in [5.74, 6) is 0. The van der Waals surface area contributed by atoms with Crippen LogP contribution in [0.15, 0.2) is 24.3 Å². The predicted octanol–water partition coefficient (Wildman–Crippen LogP) is 3.56. The molecule has 3 heteroatoms. The van der Waals surface area contributed by atoms with Gasteiger partial charge in [-0.25, -0.2) is 0 Å². The van der Waals surface area contributed by atoms with E-state index in [0.717, 1.165) is 43.7 Å². The van der Waals surface area contributed by atoms with E-state index in [1.54, 1.807) is 0 Å². The lowest BCUT2D eigenvalue weighted by molar-refractivity contribution is -0.00306. The van der Waals surface area contributed by atoms with Crippen molar-refractivity contribution in [1.29, 1.82) is 0 Å². The highest BCUT2D eigenvalue weighted by Crippen LogP contribution is 2.31. The van der Waals surface area contributed by atoms with Crippen LogP contribution in [-0.4, -0.2) is 23.3 Å². The van der Waals surface area contributed by atoms with Gasteiger partial charge in [-0.05, 0) is 56.3 Å². The molecule has 1 fully saturated rings. The summed E-state index contributed by atoms with van der Waals surface area (Å²) in [6.07, 6.45) is 5.83. The minimum absolute atomic E-state index is 0.530. The zero-order valence-corrected chi connectivity index (χ0v) is 12.4. The van der Waals surface area contributed by atoms with Crippen LogP contribution in [0.4, 0.5) is 0 Å². The zero-order chi connectivity index (χ0) is 13.7. The lowest BCUT2D eigenvalue weighted by Crippen LogP contribution is -2.42. The maximum absolute atomic E-state index is 10.7. The van der Waals surface area contributed by atoms with E-state index in [0.29, 0.717) is 6.04 Å². The average molecular weight is 282 g/mol. The molecule has 0 saturated heterocycles. The number of nitrogens with one attached hydrogen (secondary N) is 1. The van der Waals surface area contributed by atoms with Crippen LogP contribution >= 0.6 is 11.6 Å². The first-order valence-electron chi connectivity index (χ1n) is 7.31. The van der Waals surface area contributed by atoms with E-state index in [4.69, 9.17) is 11.6 Å². The smallest absolute Gasteiger partial charge is 0.0689 e. The third kappa shape index (κ3) is 4.48. The second-order valence-electron chi connectivity index (χ2n) is 5.76. The van der Waals surface area contributed by atoms with E-state index in [-0.39, 0.29) is 0 Å². The fraction of sp³-hybridized carbons (Fsp3) is 0.625. The third-order valence-corrected chi connectivity index (χ3v) is 4.30. The summed E-state index contributed by atoms with van der Waals surface area (Å²) in [5, 5.41) is 15.0. The Morgan fingerprint density at radius 3 is 2.47 bits per heavy atom. The molecule has 0 aromatic heterocycles. The van der Waals surface area contributed by atoms with Gasteiger partial charge in [-0.15, -0.1) is 0 Å². The Morgan fingerprint density at radius 2 is 1.89 bits per heavy atom. The van der Waals surface area contributed by atoms with Gasteiger partial charge in [0.2, 0.25) is 0 Å². The maximum atomic E-state index is 10.7. The van der Waals surface area contributed by atoms with Crippen LogP contribution in [0.1, 0.15) is 44.6 Å². The van der Waals surface area contributed by atoms with Crippen LogP contribution in [0.5, 0.6) is 0 Å². The summed E-state index contributed by atoms with van der Waals surface area (Å²) in [6.45, 7) is 3.27. The number of benzene rings is 1. The largest absolute Gasteiger partial charge is 0.390 e. The first kappa shape index (κ1) is 14.8. The molecule has 2 rings (SSSR count). The van der Waals surface area contributed by atoms with Crippen LogP contribution in [0.2, 0.25) is 5.02 Å². The summed E-state index contributed by atoms with van der Waals surface area (Å²) in [7, 11) is 0. The van der Waals surface area contributed by atoms with Crippen molar-refractivity contribution < 1.29 is 5.11 Å². The first-order chi connectivity index (χ1) is 9.11. The highest BCUT2D eigenvalue weighted by Gasteiger charge is 2.32. The number of hydrogen-bond donors (Lipinski definition) is 2. The van der Waals surface area contributed by atoms with Gasteiger partial charge in [0, 0.05) is 17.5 Å². The summed E-state index contributed by atoms with van der Waals surface area (Å²) < 4.78 is 0. The molecule has 2 nitrogen and oxygen atoms in total. The molecule has 1 aliphatic carbocycles. The van der Waals surface area contributed by atoms with Crippen molar-refractivity contribution >= 4 is 11.6 Å². The minimum Gasteiger partial charge on any atom is -0.390 e. The molecule has 0 atom stereocenters. The number of rotatable bonds is 5. The molecule has 1 aromatic carbocycles. The van der Waals surface area contributed by atoms with Crippen molar-refractivity contribution in [2.75, 3.05) is 6.54 Å². The molecule has 19 heavy (non-hydrogen) atoms. The fourth-order valence-corrected chi connectivity index (χ4v) is 2.99. The Morgan fingerprint density at radius 1 is 1.26 bits per heavy atom. The molecule has 0 spiro atoms. The van der Waals surface area contributed by atoms with Gasteiger partial charge in [0.15, 0.2) is 0 Å². The van der Waals surface area contributed by atoms with E-state index < -0.39 is 5.60 Å². The van der Waals surface area contributed by atoms with Crippen molar-refractivity contribution in [3.8, 4) is 0 Å². The molecule has 0 bridgehead atoms. The van der Waals surface area contributed by atoms with E-state index in [1.807, 2.05) is 24.3 Å². The maximum Gasteiger partial charge on any atom is 0.0689 e. The molecule has 2 N–H and O–H groups in total. The Balaban J connectivity index is 1.85. The van der Waals surface area contributed by atoms with Crippen molar-refractivity contribution in [2.45, 2.75) is 57.1 Å². The SMILES string of the molecule is CCCNC1CCC(O)(Cc2ccc(Cl)cc2)CC1. The van der Waals surface area contributed by atoms with Gasteiger partial charge in [-0.3, -0.25) is 0 Å². The monoisotopic (exact) mass is 281 g/mol. The standard InChI is InChI=1S/C16H24ClNO/c1-2-11-18-15-7-9-16(19,10-8-15)12-13-3-5-14(17)6-4-13/h3-6,15,18-19H,2,7-12H2,1H3. The van der Waals surface area contributed by atoms with Gasteiger partial charge in [0.25, 0.3) is 0 Å². The molecule has 0 unspecified atom stereocenters. The normalized spacial score (nSPS) is 27.4. The molecule has 0 radical (unpaired) electrons. The van der Waals surface area contributed by atoms with Gasteiger partial charge in [0.1, 0.15) is 0 Å². The number of hydrogen-bond acceptors (Lipinski definition) is 2. The molecule has 1 saturated carbocycles. The van der Waals surface area contributed by atoms with Gasteiger partial charge in [0.05, 0.1) is 5.60 Å². The predicted molar refractivity (Wildman–Crippen MR) is 80.7 cm³/mol. The summed E-state index contributed by atoms with van der Waals surface area (Å²) >= 11 is 5.89. The van der Waals surface area contributed by atoms with Gasteiger partial charge >= 0.3 is 0 Å². The third-order valence-electron chi connectivity index (χ3n) is 4.05. The van der Waals surface area contributed by atoms with Gasteiger partial charge in [-0.2, -0.15) is 0 Å². The molecular weight excluding hydrogens is 258 g/mol. The molecule has 1 aliphatic rings. The molecule has 0 heterocycles. The first-order valence-corrected chi connectivity index (χ1v) is 7.69. The molecule has 0 aliphatic heterocycles. The van der Waals surface area contributed by atoms with Crippen LogP contribution in [0.25, 0.3) is 0 Å². The minimum atomic E-state index is -0.530. The molecule has 106 valence electrons. The summed E-state index contributed by atoms with van der Waals surface area (Å²) in [4.78, 5) is 0. The van der Waals surface area contributed by atoms with E-state index in [2.05, 4.69) is 12.2 Å². The quantitative estimate of drug-likeness (QED) is 0.865. The van der Waals surface area contributed by atoms with E-state index in [1.165, 1.54) is 12.0 Å². The Bertz CT molecular complexity index is 382. The van der Waals surface area contributed by atoms with Crippen LogP contribution in [0.3, 0.4) is 0 Å². The second-order valence-corrected chi connectivity index (χ2v) is 6.19. The Kier molecular flexibility index (Phi) is 5.26. The van der Waals surface area contributed by atoms with Crippen LogP contribution in [0, 0.1) is 0 Å². The topological polar surface area (TPSA) is 32.3 Å². The number of halogens is 1. The van der Waals surface area contributed by atoms with Crippen molar-refractivity contribution in [3.05, 3.63) is 34.9 Å². The zero-order valence-electron chi connectivity index (χ0n) is 11.7. The highest BCUT2D eigenvalue weighted by atomic mass is 35.5. The van der Waals surface area contributed by atoms with Crippen LogP contribution in [-0.2, 0) is 6.42 Å². The van der Waals surface area contributed by atoms with Crippen molar-refractivity contribution in [1.82, 2.24) is 5.32 Å². The summed E-state index contributed by atoms with van der Waals surface area (Å²) in [5.41, 5.74) is 0.643. The lowest BCUT2D eigenvalue weighted by Gasteiger charge is -2.36. The molecule has 1 aromatic rings. The fourth-order valence-electron chi connectivity index (χ4n) is 2.87. The van der Waals surface area contributed by atoms with Crippen molar-refractivity contribution in [3.63, 3.8) is 0 Å². The highest BCUT2D eigenvalue weighted by molar-refractivity contribution is 6.30. The Labute approximate surface area is 121 Å². The molecule has 0 amide bonds. The lowest BCUT2D eigenvalue weighted by atomic mass is 9.78.